The quantitative estimate of drug-likeness (QED) is 0.517. The zero-order valence-electron chi connectivity index (χ0n) is 18.4. The van der Waals surface area contributed by atoms with Crippen LogP contribution in [-0.4, -0.2) is 57.4 Å². The first-order valence-corrected chi connectivity index (χ1v) is 10.7. The largest absolute Gasteiger partial charge is 0.496 e. The molecule has 6 heteroatoms. The van der Waals surface area contributed by atoms with Gasteiger partial charge in [0.05, 0.1) is 32.9 Å². The summed E-state index contributed by atoms with van der Waals surface area (Å²) in [6.07, 6.45) is 0. The number of aryl methyl sites for hydroxylation is 1. The highest BCUT2D eigenvalue weighted by Gasteiger charge is 2.23. The number of guanidine groups is 1. The van der Waals surface area contributed by atoms with Crippen molar-refractivity contribution >= 4 is 5.96 Å². The van der Waals surface area contributed by atoms with E-state index in [1.54, 1.807) is 7.11 Å². The van der Waals surface area contributed by atoms with Gasteiger partial charge in [-0.1, -0.05) is 48.0 Å². The molecule has 0 aromatic heterocycles. The predicted octanol–water partition coefficient (Wildman–Crippen LogP) is 3.13. The number of hydrogen-bond donors (Lipinski definition) is 2. The Labute approximate surface area is 180 Å². The van der Waals surface area contributed by atoms with Crippen LogP contribution in [0.3, 0.4) is 0 Å². The van der Waals surface area contributed by atoms with Gasteiger partial charge in [-0.15, -0.1) is 0 Å². The van der Waals surface area contributed by atoms with E-state index in [4.69, 9.17) is 14.5 Å². The molecule has 30 heavy (non-hydrogen) atoms. The summed E-state index contributed by atoms with van der Waals surface area (Å²) in [7, 11) is 1.70. The van der Waals surface area contributed by atoms with Crippen LogP contribution >= 0.6 is 0 Å². The standard InChI is InChI=1S/C24H34N4O2/c1-4-25-24(26-17-21-9-5-6-11-23(21)29-3)27-18-22(28-12-14-30-15-13-28)20-10-7-8-19(2)16-20/h5-11,16,22H,4,12-15,17-18H2,1-3H3,(H2,25,26,27). The number of methoxy groups -OCH3 is 1. The number of aliphatic imine (C=N–C) groups is 1. The van der Waals surface area contributed by atoms with Gasteiger partial charge in [0, 0.05) is 31.7 Å². The Balaban J connectivity index is 1.73. The van der Waals surface area contributed by atoms with Crippen LogP contribution in [0.4, 0.5) is 0 Å². The van der Waals surface area contributed by atoms with E-state index in [1.807, 2.05) is 18.2 Å². The summed E-state index contributed by atoms with van der Waals surface area (Å²) in [4.78, 5) is 7.29. The second-order valence-electron chi connectivity index (χ2n) is 7.47. The highest BCUT2D eigenvalue weighted by molar-refractivity contribution is 5.79. The third-order valence-corrected chi connectivity index (χ3v) is 5.32. The lowest BCUT2D eigenvalue weighted by Crippen LogP contribution is -2.46. The van der Waals surface area contributed by atoms with Crippen molar-refractivity contribution in [2.45, 2.75) is 26.4 Å². The molecule has 0 aliphatic carbocycles. The topological polar surface area (TPSA) is 58.1 Å². The van der Waals surface area contributed by atoms with Crippen molar-refractivity contribution in [3.8, 4) is 5.75 Å². The molecule has 0 amide bonds. The SMILES string of the molecule is CCNC(=NCc1ccccc1OC)NCC(c1cccc(C)c1)N1CCOCC1. The van der Waals surface area contributed by atoms with Gasteiger partial charge < -0.3 is 20.1 Å². The fourth-order valence-corrected chi connectivity index (χ4v) is 3.76. The molecule has 1 unspecified atom stereocenters. The van der Waals surface area contributed by atoms with Crippen molar-refractivity contribution < 1.29 is 9.47 Å². The minimum atomic E-state index is 0.268. The molecule has 2 N–H and O–H groups in total. The van der Waals surface area contributed by atoms with Crippen LogP contribution in [0.25, 0.3) is 0 Å². The second-order valence-corrected chi connectivity index (χ2v) is 7.47. The number of para-hydroxylation sites is 1. The Kier molecular flexibility index (Phi) is 8.53. The molecule has 1 aliphatic heterocycles. The summed E-state index contributed by atoms with van der Waals surface area (Å²) in [5.41, 5.74) is 3.67. The van der Waals surface area contributed by atoms with Crippen LogP contribution in [0, 0.1) is 6.92 Å². The minimum Gasteiger partial charge on any atom is -0.496 e. The highest BCUT2D eigenvalue weighted by atomic mass is 16.5. The normalized spacial score (nSPS) is 16.2. The second kappa shape index (κ2) is 11.6. The summed E-state index contributed by atoms with van der Waals surface area (Å²) in [5, 5.41) is 6.93. The molecule has 3 rings (SSSR count). The lowest BCUT2D eigenvalue weighted by Gasteiger charge is -2.35. The molecule has 0 radical (unpaired) electrons. The molecule has 6 nitrogen and oxygen atoms in total. The first-order chi connectivity index (χ1) is 14.7. The molecule has 1 fully saturated rings. The average Bonchev–Trinajstić information content (AvgIpc) is 2.78. The van der Waals surface area contributed by atoms with Gasteiger partial charge in [0.25, 0.3) is 0 Å². The van der Waals surface area contributed by atoms with E-state index >= 15 is 0 Å². The van der Waals surface area contributed by atoms with Gasteiger partial charge in [-0.25, -0.2) is 4.99 Å². The van der Waals surface area contributed by atoms with E-state index in [-0.39, 0.29) is 6.04 Å². The summed E-state index contributed by atoms with van der Waals surface area (Å²) in [5.74, 6) is 1.68. The molecular weight excluding hydrogens is 376 g/mol. The van der Waals surface area contributed by atoms with Crippen molar-refractivity contribution in [2.75, 3.05) is 46.5 Å². The van der Waals surface area contributed by atoms with Gasteiger partial charge >= 0.3 is 0 Å². The maximum absolute atomic E-state index is 5.57. The van der Waals surface area contributed by atoms with Gasteiger partial charge in [-0.05, 0) is 25.5 Å². The molecular formula is C24H34N4O2. The molecule has 162 valence electrons. The zero-order chi connectivity index (χ0) is 21.2. The van der Waals surface area contributed by atoms with Crippen LogP contribution in [0.2, 0.25) is 0 Å². The minimum absolute atomic E-state index is 0.268. The molecule has 1 heterocycles. The van der Waals surface area contributed by atoms with Crippen LogP contribution in [0.1, 0.15) is 29.7 Å². The van der Waals surface area contributed by atoms with Crippen molar-refractivity contribution in [1.29, 1.82) is 0 Å². The fourth-order valence-electron chi connectivity index (χ4n) is 3.76. The Morgan fingerprint density at radius 2 is 1.93 bits per heavy atom. The Hall–Kier alpha value is -2.57. The van der Waals surface area contributed by atoms with E-state index in [9.17, 15) is 0 Å². The average molecular weight is 411 g/mol. The number of benzene rings is 2. The van der Waals surface area contributed by atoms with Crippen LogP contribution < -0.4 is 15.4 Å². The van der Waals surface area contributed by atoms with Gasteiger partial charge in [-0.3, -0.25) is 4.90 Å². The van der Waals surface area contributed by atoms with Crippen LogP contribution in [0.15, 0.2) is 53.5 Å². The molecule has 1 atom stereocenters. The van der Waals surface area contributed by atoms with Gasteiger partial charge in [0.1, 0.15) is 5.75 Å². The lowest BCUT2D eigenvalue weighted by atomic mass is 10.0. The van der Waals surface area contributed by atoms with E-state index in [0.717, 1.165) is 56.7 Å². The summed E-state index contributed by atoms with van der Waals surface area (Å²) in [6, 6.07) is 17.1. The van der Waals surface area contributed by atoms with Crippen molar-refractivity contribution in [2.24, 2.45) is 4.99 Å². The molecule has 2 aromatic rings. The molecule has 2 aromatic carbocycles. The van der Waals surface area contributed by atoms with Gasteiger partial charge in [0.15, 0.2) is 5.96 Å². The van der Waals surface area contributed by atoms with E-state index in [0.29, 0.717) is 6.54 Å². The highest BCUT2D eigenvalue weighted by Crippen LogP contribution is 2.22. The molecule has 0 saturated carbocycles. The van der Waals surface area contributed by atoms with E-state index in [2.05, 4.69) is 59.7 Å². The summed E-state index contributed by atoms with van der Waals surface area (Å²) < 4.78 is 11.0. The fraction of sp³-hybridized carbons (Fsp3) is 0.458. The lowest BCUT2D eigenvalue weighted by molar-refractivity contribution is 0.0170. The number of morpholine rings is 1. The summed E-state index contributed by atoms with van der Waals surface area (Å²) in [6.45, 7) is 9.82. The van der Waals surface area contributed by atoms with Crippen LogP contribution in [0.5, 0.6) is 5.75 Å². The molecule has 0 bridgehead atoms. The van der Waals surface area contributed by atoms with E-state index < -0.39 is 0 Å². The summed E-state index contributed by atoms with van der Waals surface area (Å²) >= 11 is 0. The number of ether oxygens (including phenoxy) is 2. The van der Waals surface area contributed by atoms with Crippen molar-refractivity contribution in [3.05, 3.63) is 65.2 Å². The van der Waals surface area contributed by atoms with Crippen molar-refractivity contribution in [3.63, 3.8) is 0 Å². The first-order valence-electron chi connectivity index (χ1n) is 10.7. The van der Waals surface area contributed by atoms with Gasteiger partial charge in [-0.2, -0.15) is 0 Å². The number of nitrogens with one attached hydrogen (secondary N) is 2. The van der Waals surface area contributed by atoms with E-state index in [1.165, 1.54) is 11.1 Å². The Morgan fingerprint density at radius 3 is 2.67 bits per heavy atom. The molecule has 1 saturated heterocycles. The smallest absolute Gasteiger partial charge is 0.191 e. The number of rotatable bonds is 8. The number of nitrogens with zero attached hydrogens (tertiary/aromatic N) is 2. The maximum Gasteiger partial charge on any atom is 0.191 e. The third-order valence-electron chi connectivity index (χ3n) is 5.32. The Bertz CT molecular complexity index is 818. The molecule has 1 aliphatic rings. The maximum atomic E-state index is 5.57. The number of hydrogen-bond acceptors (Lipinski definition) is 4. The third kappa shape index (κ3) is 6.21. The first kappa shape index (κ1) is 22.1. The molecule has 0 spiro atoms. The Morgan fingerprint density at radius 1 is 1.13 bits per heavy atom. The van der Waals surface area contributed by atoms with Gasteiger partial charge in [0.2, 0.25) is 0 Å². The van der Waals surface area contributed by atoms with Crippen LogP contribution in [-0.2, 0) is 11.3 Å². The monoisotopic (exact) mass is 410 g/mol. The predicted molar refractivity (Wildman–Crippen MR) is 122 cm³/mol. The van der Waals surface area contributed by atoms with Crippen molar-refractivity contribution in [1.82, 2.24) is 15.5 Å². The zero-order valence-corrected chi connectivity index (χ0v) is 18.4.